The van der Waals surface area contributed by atoms with Gasteiger partial charge in [-0.15, -0.1) is 5.73 Å². The monoisotopic (exact) mass is 78.0 g/mol. The molecule has 0 aromatic carbocycles. The Labute approximate surface area is 37.5 Å². The summed E-state index contributed by atoms with van der Waals surface area (Å²) in [6, 6.07) is 0. The van der Waals surface area contributed by atoms with Crippen LogP contribution in [-0.4, -0.2) is 0 Å². The van der Waals surface area contributed by atoms with Crippen molar-refractivity contribution in [3.8, 4) is 0 Å². The van der Waals surface area contributed by atoms with Crippen molar-refractivity contribution in [1.29, 1.82) is 0 Å². The second-order valence-electron chi connectivity index (χ2n) is 1.42. The van der Waals surface area contributed by atoms with Crippen molar-refractivity contribution in [3.05, 3.63) is 29.5 Å². The highest BCUT2D eigenvalue weighted by atomic mass is 14.1. The lowest BCUT2D eigenvalue weighted by molar-refractivity contribution is 1.67. The first-order valence-corrected chi connectivity index (χ1v) is 1.93. The third-order valence-electron chi connectivity index (χ3n) is 0.893. The Morgan fingerprint density at radius 2 is 2.33 bits per heavy atom. The normalized spacial score (nSPS) is 16.2. The molecule has 0 radical (unpaired) electrons. The molecule has 1 aliphatic rings. The van der Waals surface area contributed by atoms with Crippen LogP contribution < -0.4 is 0 Å². The lowest BCUT2D eigenvalue weighted by Gasteiger charge is -1.58. The summed E-state index contributed by atoms with van der Waals surface area (Å²) in [5.74, 6) is 0. The van der Waals surface area contributed by atoms with E-state index in [1.165, 1.54) is 11.1 Å². The van der Waals surface area contributed by atoms with E-state index in [0.29, 0.717) is 0 Å². The molecular weight excluding hydrogens is 72.1 g/mol. The van der Waals surface area contributed by atoms with Gasteiger partial charge in [-0.3, -0.25) is 0 Å². The van der Waals surface area contributed by atoms with Gasteiger partial charge >= 0.3 is 0 Å². The molecule has 0 saturated heterocycles. The molecule has 0 saturated carbocycles. The molecule has 30 valence electrons. The van der Waals surface area contributed by atoms with Crippen molar-refractivity contribution in [2.24, 2.45) is 0 Å². The van der Waals surface area contributed by atoms with Crippen LogP contribution in [0.2, 0.25) is 0 Å². The number of hydrogen-bond acceptors (Lipinski definition) is 0. The molecule has 0 nitrogen and oxygen atoms in total. The van der Waals surface area contributed by atoms with Crippen molar-refractivity contribution in [2.45, 2.75) is 6.92 Å². The van der Waals surface area contributed by atoms with E-state index in [9.17, 15) is 0 Å². The standard InChI is InChI=1S/C6H6/c1-3-6-4-5(6)2/h4H,1H2,2H3. The minimum Gasteiger partial charge on any atom is -0.120 e. The van der Waals surface area contributed by atoms with E-state index >= 15 is 0 Å². The van der Waals surface area contributed by atoms with Gasteiger partial charge in [-0.1, -0.05) is 6.58 Å². The quantitative estimate of drug-likeness (QED) is 0.386. The van der Waals surface area contributed by atoms with Crippen molar-refractivity contribution in [1.82, 2.24) is 0 Å². The molecule has 0 unspecified atom stereocenters. The van der Waals surface area contributed by atoms with Gasteiger partial charge < -0.3 is 0 Å². The lowest BCUT2D eigenvalue weighted by atomic mass is 10.5. The summed E-state index contributed by atoms with van der Waals surface area (Å²) in [5, 5.41) is 0. The highest BCUT2D eigenvalue weighted by Gasteiger charge is 2.06. The minimum atomic E-state index is 1.19. The van der Waals surface area contributed by atoms with Crippen molar-refractivity contribution < 1.29 is 0 Å². The maximum Gasteiger partial charge on any atom is 0.0191 e. The van der Waals surface area contributed by atoms with E-state index in [0.717, 1.165) is 0 Å². The molecule has 0 aliphatic heterocycles. The largest absolute Gasteiger partial charge is 0.120 e. The fraction of sp³-hybridized carbons (Fsp3) is 0.167. The topological polar surface area (TPSA) is 0 Å². The maximum absolute atomic E-state index is 3.46. The molecule has 0 aromatic heterocycles. The Morgan fingerprint density at radius 1 is 1.83 bits per heavy atom. The van der Waals surface area contributed by atoms with Crippen molar-refractivity contribution in [2.75, 3.05) is 0 Å². The van der Waals surface area contributed by atoms with E-state index in [-0.39, 0.29) is 0 Å². The van der Waals surface area contributed by atoms with E-state index in [4.69, 9.17) is 0 Å². The molecule has 0 heterocycles. The van der Waals surface area contributed by atoms with Crippen LogP contribution >= 0.6 is 0 Å². The van der Waals surface area contributed by atoms with E-state index in [1.807, 2.05) is 13.0 Å². The summed E-state index contributed by atoms with van der Waals surface area (Å²) in [4.78, 5) is 0. The van der Waals surface area contributed by atoms with Crippen LogP contribution in [0.3, 0.4) is 0 Å². The highest BCUT2D eigenvalue weighted by molar-refractivity contribution is 5.54. The predicted octanol–water partition coefficient (Wildman–Crippen LogP) is 1.66. The van der Waals surface area contributed by atoms with E-state index < -0.39 is 0 Å². The van der Waals surface area contributed by atoms with Gasteiger partial charge in [-0.2, -0.15) is 0 Å². The first-order valence-electron chi connectivity index (χ1n) is 1.93. The Hall–Kier alpha value is -0.740. The van der Waals surface area contributed by atoms with Crippen LogP contribution in [0, 0.1) is 0 Å². The molecule has 0 heteroatoms. The number of allylic oxidation sites excluding steroid dienone is 3. The summed E-state index contributed by atoms with van der Waals surface area (Å²) >= 11 is 0. The predicted molar refractivity (Wildman–Crippen MR) is 26.4 cm³/mol. The van der Waals surface area contributed by atoms with Crippen LogP contribution in [0.15, 0.2) is 29.5 Å². The van der Waals surface area contributed by atoms with Gasteiger partial charge in [0.25, 0.3) is 0 Å². The molecule has 1 rings (SSSR count). The van der Waals surface area contributed by atoms with Crippen LogP contribution in [0.25, 0.3) is 0 Å². The van der Waals surface area contributed by atoms with Crippen LogP contribution in [0.1, 0.15) is 6.92 Å². The van der Waals surface area contributed by atoms with Crippen LogP contribution in [-0.2, 0) is 0 Å². The second-order valence-corrected chi connectivity index (χ2v) is 1.42. The van der Waals surface area contributed by atoms with Crippen LogP contribution in [0.5, 0.6) is 0 Å². The smallest absolute Gasteiger partial charge is 0.0191 e. The SMILES string of the molecule is C=C=C1C=C1C. The van der Waals surface area contributed by atoms with Gasteiger partial charge in [0, 0.05) is 5.57 Å². The zero-order valence-corrected chi connectivity index (χ0v) is 3.78. The number of hydrogen-bond donors (Lipinski definition) is 0. The molecule has 0 aromatic rings. The molecule has 0 fully saturated rings. The van der Waals surface area contributed by atoms with Crippen molar-refractivity contribution in [3.63, 3.8) is 0 Å². The van der Waals surface area contributed by atoms with E-state index in [2.05, 4.69) is 12.3 Å². The zero-order valence-electron chi connectivity index (χ0n) is 3.78. The second kappa shape index (κ2) is 0.859. The summed E-state index contributed by atoms with van der Waals surface area (Å²) < 4.78 is 0. The molecule has 0 atom stereocenters. The first-order chi connectivity index (χ1) is 2.84. The summed E-state index contributed by atoms with van der Waals surface area (Å²) in [6.07, 6.45) is 2.05. The Morgan fingerprint density at radius 3 is 2.33 bits per heavy atom. The molecule has 0 spiro atoms. The van der Waals surface area contributed by atoms with Gasteiger partial charge in [-0.05, 0) is 18.6 Å². The fourth-order valence-electron chi connectivity index (χ4n) is 0.371. The zero-order chi connectivity index (χ0) is 4.57. The Balaban J connectivity index is 2.80. The Kier molecular flexibility index (Phi) is 0.494. The summed E-state index contributed by atoms with van der Waals surface area (Å²) in [5.41, 5.74) is 5.28. The summed E-state index contributed by atoms with van der Waals surface area (Å²) in [7, 11) is 0. The third-order valence-corrected chi connectivity index (χ3v) is 0.893. The van der Waals surface area contributed by atoms with Gasteiger partial charge in [0.15, 0.2) is 0 Å². The number of rotatable bonds is 0. The van der Waals surface area contributed by atoms with Crippen molar-refractivity contribution >= 4 is 0 Å². The Bertz CT molecular complexity index is 143. The maximum atomic E-state index is 3.46. The molecule has 0 bridgehead atoms. The molecular formula is C6H6. The van der Waals surface area contributed by atoms with Crippen LogP contribution in [0.4, 0.5) is 0 Å². The van der Waals surface area contributed by atoms with Gasteiger partial charge in [0.1, 0.15) is 0 Å². The van der Waals surface area contributed by atoms with Gasteiger partial charge in [-0.25, -0.2) is 0 Å². The molecule has 1 aliphatic carbocycles. The molecule has 0 amide bonds. The fourth-order valence-corrected chi connectivity index (χ4v) is 0.371. The average molecular weight is 78.1 g/mol. The first kappa shape index (κ1) is 3.45. The average Bonchev–Trinajstić information content (AvgIpc) is 2.19. The highest BCUT2D eigenvalue weighted by Crippen LogP contribution is 2.23. The minimum absolute atomic E-state index is 1.19. The lowest BCUT2D eigenvalue weighted by Crippen LogP contribution is -1.40. The third kappa shape index (κ3) is 0.316. The molecule has 6 heavy (non-hydrogen) atoms. The van der Waals surface area contributed by atoms with E-state index in [1.54, 1.807) is 0 Å². The summed E-state index contributed by atoms with van der Waals surface area (Å²) in [6.45, 7) is 5.51. The molecule has 0 N–H and O–H groups in total. The van der Waals surface area contributed by atoms with Gasteiger partial charge in [0.2, 0.25) is 0 Å². The van der Waals surface area contributed by atoms with Gasteiger partial charge in [0.05, 0.1) is 0 Å².